The Labute approximate surface area is 91.8 Å². The second-order valence-corrected chi connectivity index (χ2v) is 4.42. The van der Waals surface area contributed by atoms with Gasteiger partial charge in [0.1, 0.15) is 6.61 Å². The Morgan fingerprint density at radius 3 is 2.47 bits per heavy atom. The Hall–Kier alpha value is -0.610. The largest absolute Gasteiger partial charge is 0.363 e. The molecule has 0 aromatic carbocycles. The van der Waals surface area contributed by atoms with Crippen LogP contribution in [0.3, 0.4) is 0 Å². The van der Waals surface area contributed by atoms with Gasteiger partial charge in [0.05, 0.1) is 5.60 Å². The molecule has 15 heavy (non-hydrogen) atoms. The maximum Gasteiger partial charge on any atom is 0.246 e. The van der Waals surface area contributed by atoms with Crippen molar-refractivity contribution in [1.29, 1.82) is 0 Å². The van der Waals surface area contributed by atoms with E-state index in [1.807, 2.05) is 6.92 Å². The first-order valence-corrected chi connectivity index (χ1v) is 5.73. The standard InChI is InChI=1S/C11H22N2O2/c1-4-9(5-2)13-10(14)6-15-11(3)7-12-8-11/h9,12H,4-8H2,1-3H3,(H,13,14). The molecule has 2 N–H and O–H groups in total. The van der Waals surface area contributed by atoms with Crippen LogP contribution in [0.15, 0.2) is 0 Å². The lowest BCUT2D eigenvalue weighted by Crippen LogP contribution is -2.59. The molecule has 0 aliphatic carbocycles. The molecule has 1 saturated heterocycles. The van der Waals surface area contributed by atoms with Gasteiger partial charge in [0, 0.05) is 19.1 Å². The number of ether oxygens (including phenoxy) is 1. The van der Waals surface area contributed by atoms with Gasteiger partial charge in [-0.3, -0.25) is 4.79 Å². The molecule has 1 fully saturated rings. The van der Waals surface area contributed by atoms with Crippen molar-refractivity contribution in [2.75, 3.05) is 19.7 Å². The van der Waals surface area contributed by atoms with E-state index in [-0.39, 0.29) is 24.2 Å². The first-order valence-electron chi connectivity index (χ1n) is 5.73. The van der Waals surface area contributed by atoms with Gasteiger partial charge in [-0.1, -0.05) is 13.8 Å². The van der Waals surface area contributed by atoms with E-state index in [1.165, 1.54) is 0 Å². The van der Waals surface area contributed by atoms with E-state index in [2.05, 4.69) is 24.5 Å². The minimum Gasteiger partial charge on any atom is -0.363 e. The van der Waals surface area contributed by atoms with Crippen LogP contribution in [0.25, 0.3) is 0 Å². The highest BCUT2D eigenvalue weighted by Gasteiger charge is 2.33. The Kier molecular flexibility index (Phi) is 4.54. The summed E-state index contributed by atoms with van der Waals surface area (Å²) in [7, 11) is 0. The third kappa shape index (κ3) is 3.80. The van der Waals surface area contributed by atoms with E-state index in [0.717, 1.165) is 25.9 Å². The average molecular weight is 214 g/mol. The molecule has 1 aliphatic rings. The van der Waals surface area contributed by atoms with E-state index < -0.39 is 0 Å². The van der Waals surface area contributed by atoms with Crippen molar-refractivity contribution in [1.82, 2.24) is 10.6 Å². The molecule has 0 aromatic rings. The molecule has 1 heterocycles. The quantitative estimate of drug-likeness (QED) is 0.683. The van der Waals surface area contributed by atoms with Gasteiger partial charge in [-0.05, 0) is 19.8 Å². The molecule has 0 aromatic heterocycles. The molecule has 88 valence electrons. The summed E-state index contributed by atoms with van der Waals surface area (Å²) in [6, 6.07) is 0.286. The molecule has 0 spiro atoms. The Morgan fingerprint density at radius 2 is 2.07 bits per heavy atom. The van der Waals surface area contributed by atoms with Crippen molar-refractivity contribution in [3.05, 3.63) is 0 Å². The summed E-state index contributed by atoms with van der Waals surface area (Å²) in [6.07, 6.45) is 1.95. The maximum atomic E-state index is 11.5. The Bertz CT molecular complexity index is 211. The van der Waals surface area contributed by atoms with Gasteiger partial charge in [0.2, 0.25) is 5.91 Å². The van der Waals surface area contributed by atoms with Gasteiger partial charge in [-0.25, -0.2) is 0 Å². The predicted octanol–water partition coefficient (Wildman–Crippen LogP) is 0.670. The lowest BCUT2D eigenvalue weighted by atomic mass is 10.0. The summed E-state index contributed by atoms with van der Waals surface area (Å²) in [5, 5.41) is 6.08. The topological polar surface area (TPSA) is 50.4 Å². The predicted molar refractivity (Wildman–Crippen MR) is 59.7 cm³/mol. The molecule has 0 unspecified atom stereocenters. The van der Waals surface area contributed by atoms with Crippen LogP contribution in [0.4, 0.5) is 0 Å². The highest BCUT2D eigenvalue weighted by Crippen LogP contribution is 2.14. The molecule has 1 aliphatic heterocycles. The van der Waals surface area contributed by atoms with Crippen LogP contribution >= 0.6 is 0 Å². The van der Waals surface area contributed by atoms with Crippen molar-refractivity contribution >= 4 is 5.91 Å². The van der Waals surface area contributed by atoms with Crippen molar-refractivity contribution < 1.29 is 9.53 Å². The van der Waals surface area contributed by atoms with Gasteiger partial charge < -0.3 is 15.4 Å². The van der Waals surface area contributed by atoms with Crippen molar-refractivity contribution in [2.45, 2.75) is 45.3 Å². The van der Waals surface area contributed by atoms with E-state index in [4.69, 9.17) is 4.74 Å². The van der Waals surface area contributed by atoms with Gasteiger partial charge in [0.25, 0.3) is 0 Å². The number of hydrogen-bond donors (Lipinski definition) is 2. The zero-order chi connectivity index (χ0) is 11.3. The van der Waals surface area contributed by atoms with Crippen LogP contribution in [0.2, 0.25) is 0 Å². The van der Waals surface area contributed by atoms with Crippen molar-refractivity contribution in [3.63, 3.8) is 0 Å². The fourth-order valence-electron chi connectivity index (χ4n) is 1.58. The third-order valence-electron chi connectivity index (χ3n) is 2.90. The van der Waals surface area contributed by atoms with Crippen LogP contribution in [0, 0.1) is 0 Å². The van der Waals surface area contributed by atoms with Gasteiger partial charge >= 0.3 is 0 Å². The van der Waals surface area contributed by atoms with E-state index in [0.29, 0.717) is 0 Å². The fourth-order valence-corrected chi connectivity index (χ4v) is 1.58. The number of nitrogens with one attached hydrogen (secondary N) is 2. The van der Waals surface area contributed by atoms with Crippen LogP contribution in [-0.2, 0) is 9.53 Å². The summed E-state index contributed by atoms with van der Waals surface area (Å²) in [5.41, 5.74) is -0.134. The smallest absolute Gasteiger partial charge is 0.246 e. The molecule has 0 saturated carbocycles. The molecule has 4 nitrogen and oxygen atoms in total. The van der Waals surface area contributed by atoms with Crippen LogP contribution in [0.5, 0.6) is 0 Å². The number of rotatable bonds is 6. The van der Waals surface area contributed by atoms with Crippen molar-refractivity contribution in [3.8, 4) is 0 Å². The number of carbonyl (C=O) groups excluding carboxylic acids is 1. The molecule has 1 rings (SSSR count). The minimum absolute atomic E-state index is 0.00294. The van der Waals surface area contributed by atoms with Crippen LogP contribution in [0.1, 0.15) is 33.6 Å². The second kappa shape index (κ2) is 5.47. The first kappa shape index (κ1) is 12.5. The lowest BCUT2D eigenvalue weighted by molar-refractivity contribution is -0.136. The van der Waals surface area contributed by atoms with Gasteiger partial charge in [-0.2, -0.15) is 0 Å². The third-order valence-corrected chi connectivity index (χ3v) is 2.90. The first-order chi connectivity index (χ1) is 7.09. The van der Waals surface area contributed by atoms with Crippen molar-refractivity contribution in [2.24, 2.45) is 0 Å². The lowest BCUT2D eigenvalue weighted by Gasteiger charge is -2.38. The monoisotopic (exact) mass is 214 g/mol. The SMILES string of the molecule is CCC(CC)NC(=O)COC1(C)CNC1. The second-order valence-electron chi connectivity index (χ2n) is 4.42. The normalized spacial score (nSPS) is 18.7. The molecule has 0 radical (unpaired) electrons. The molecule has 0 bridgehead atoms. The highest BCUT2D eigenvalue weighted by molar-refractivity contribution is 5.77. The summed E-state index contributed by atoms with van der Waals surface area (Å²) in [6.45, 7) is 8.03. The molecule has 4 heteroatoms. The number of carbonyl (C=O) groups is 1. The van der Waals surface area contributed by atoms with Crippen LogP contribution in [-0.4, -0.2) is 37.2 Å². The summed E-state index contributed by atoms with van der Waals surface area (Å²) in [4.78, 5) is 11.5. The zero-order valence-electron chi connectivity index (χ0n) is 9.93. The van der Waals surface area contributed by atoms with E-state index in [9.17, 15) is 4.79 Å². The minimum atomic E-state index is -0.134. The molecule has 1 amide bonds. The summed E-state index contributed by atoms with van der Waals surface area (Å²) < 4.78 is 5.54. The van der Waals surface area contributed by atoms with E-state index in [1.54, 1.807) is 0 Å². The Morgan fingerprint density at radius 1 is 1.47 bits per heavy atom. The summed E-state index contributed by atoms with van der Waals surface area (Å²) in [5.74, 6) is -0.00294. The van der Waals surface area contributed by atoms with Gasteiger partial charge in [0.15, 0.2) is 0 Å². The summed E-state index contributed by atoms with van der Waals surface area (Å²) >= 11 is 0. The number of amides is 1. The van der Waals surface area contributed by atoms with E-state index >= 15 is 0 Å². The number of hydrogen-bond acceptors (Lipinski definition) is 3. The highest BCUT2D eigenvalue weighted by atomic mass is 16.5. The average Bonchev–Trinajstić information content (AvgIpc) is 2.20. The molecular formula is C11H22N2O2. The molecular weight excluding hydrogens is 192 g/mol. The molecule has 0 atom stereocenters. The van der Waals surface area contributed by atoms with Gasteiger partial charge in [-0.15, -0.1) is 0 Å². The zero-order valence-corrected chi connectivity index (χ0v) is 9.93. The van der Waals surface area contributed by atoms with Crippen LogP contribution < -0.4 is 10.6 Å². The fraction of sp³-hybridized carbons (Fsp3) is 0.909. The maximum absolute atomic E-state index is 11.5. The Balaban J connectivity index is 2.18.